The summed E-state index contributed by atoms with van der Waals surface area (Å²) >= 11 is 0. The van der Waals surface area contributed by atoms with Gasteiger partial charge in [-0.3, -0.25) is 9.59 Å². The van der Waals surface area contributed by atoms with E-state index in [0.29, 0.717) is 41.9 Å². The van der Waals surface area contributed by atoms with Gasteiger partial charge in [0.2, 0.25) is 0 Å². The molecule has 0 radical (unpaired) electrons. The largest absolute Gasteiger partial charge is 0.463 e. The summed E-state index contributed by atoms with van der Waals surface area (Å²) in [7, 11) is 0. The van der Waals surface area contributed by atoms with E-state index in [0.717, 1.165) is 32.1 Å². The molecular weight excluding hydrogens is 404 g/mol. The third kappa shape index (κ3) is 3.81. The zero-order chi connectivity index (χ0) is 23.4. The number of rotatable bonds is 4. The summed E-state index contributed by atoms with van der Waals surface area (Å²) < 4.78 is 11.7. The van der Waals surface area contributed by atoms with Gasteiger partial charge in [0.25, 0.3) is 0 Å². The smallest absolute Gasteiger partial charge is 0.302 e. The lowest BCUT2D eigenvalue weighted by molar-refractivity contribution is -0.205. The molecule has 4 rings (SSSR count). The lowest BCUT2D eigenvalue weighted by Crippen LogP contribution is -2.61. The molecule has 0 aliphatic heterocycles. The molecule has 0 aromatic carbocycles. The normalized spacial score (nSPS) is 47.6. The molecule has 4 aliphatic carbocycles. The average Bonchev–Trinajstić information content (AvgIpc) is 2.98. The summed E-state index contributed by atoms with van der Waals surface area (Å²) in [5.41, 5.74) is 0.125. The van der Waals surface area contributed by atoms with Crippen LogP contribution in [0.2, 0.25) is 0 Å². The Hall–Kier alpha value is -1.39. The van der Waals surface area contributed by atoms with Crippen molar-refractivity contribution in [1.82, 2.24) is 0 Å². The van der Waals surface area contributed by atoms with E-state index in [1.54, 1.807) is 13.8 Å². The minimum Gasteiger partial charge on any atom is -0.463 e. The second-order valence-electron chi connectivity index (χ2n) is 12.1. The molecule has 5 nitrogen and oxygen atoms in total. The number of hydrogen-bond donors (Lipinski definition) is 0. The number of ketones is 1. The fraction of sp³-hybridized carbons (Fsp3) is 0.889. The maximum atomic E-state index is 12.3. The highest BCUT2D eigenvalue weighted by Gasteiger charge is 2.65. The first-order valence-corrected chi connectivity index (χ1v) is 12.8. The highest BCUT2D eigenvalue weighted by atomic mass is 16.5. The maximum absolute atomic E-state index is 12.3. The molecule has 4 aliphatic rings. The van der Waals surface area contributed by atoms with Crippen molar-refractivity contribution >= 4 is 17.7 Å². The third-order valence-corrected chi connectivity index (χ3v) is 10.5. The second-order valence-corrected chi connectivity index (χ2v) is 12.1. The Kier molecular flexibility index (Phi) is 6.26. The predicted octanol–water partition coefficient (Wildman–Crippen LogP) is 5.34. The first-order valence-electron chi connectivity index (χ1n) is 12.8. The van der Waals surface area contributed by atoms with Crippen LogP contribution in [0.25, 0.3) is 0 Å². The summed E-state index contributed by atoms with van der Waals surface area (Å²) in [6.45, 7) is 11.9. The van der Waals surface area contributed by atoms with Crippen molar-refractivity contribution < 1.29 is 23.9 Å². The highest BCUT2D eigenvalue weighted by Crippen LogP contribution is 2.69. The molecule has 4 fully saturated rings. The summed E-state index contributed by atoms with van der Waals surface area (Å²) in [6.07, 6.45) is 7.71. The third-order valence-electron chi connectivity index (χ3n) is 10.5. The number of hydrogen-bond acceptors (Lipinski definition) is 5. The van der Waals surface area contributed by atoms with E-state index in [2.05, 4.69) is 20.8 Å². The second kappa shape index (κ2) is 8.43. The molecule has 0 aromatic rings. The topological polar surface area (TPSA) is 69.7 Å². The summed E-state index contributed by atoms with van der Waals surface area (Å²) in [5.74, 6) is 2.67. The fourth-order valence-corrected chi connectivity index (χ4v) is 8.93. The van der Waals surface area contributed by atoms with Gasteiger partial charge in [0, 0.05) is 25.7 Å². The van der Waals surface area contributed by atoms with E-state index in [4.69, 9.17) is 9.47 Å². The van der Waals surface area contributed by atoms with Crippen LogP contribution in [0.5, 0.6) is 0 Å². The average molecular weight is 447 g/mol. The Bertz CT molecular complexity index is 776. The predicted molar refractivity (Wildman–Crippen MR) is 122 cm³/mol. The first kappa shape index (κ1) is 23.8. The number of carbonyl (C=O) groups excluding carboxylic acids is 3. The van der Waals surface area contributed by atoms with Gasteiger partial charge >= 0.3 is 11.9 Å². The van der Waals surface area contributed by atoms with Gasteiger partial charge in [-0.15, -0.1) is 0 Å². The molecule has 5 heteroatoms. The van der Waals surface area contributed by atoms with Crippen LogP contribution in [-0.4, -0.2) is 29.9 Å². The molecule has 180 valence electrons. The molecule has 4 saturated carbocycles. The quantitative estimate of drug-likeness (QED) is 0.545. The van der Waals surface area contributed by atoms with E-state index in [1.165, 1.54) is 19.8 Å². The standard InChI is InChI=1S/C27H42O5/c1-15-7-8-22-25-19(11-16(2)28)12-20-13-21(31-17(3)29)9-10-26(20,5)23(25)14-24(27(15,22)6)32-18(4)30/h15,19-25H,7-14H2,1-6H3. The van der Waals surface area contributed by atoms with Crippen molar-refractivity contribution in [2.75, 3.05) is 0 Å². The molecule has 10 atom stereocenters. The fourth-order valence-electron chi connectivity index (χ4n) is 8.93. The number of fused-ring (bicyclic) bond motifs is 5. The Balaban J connectivity index is 1.71. The van der Waals surface area contributed by atoms with Crippen molar-refractivity contribution in [3.8, 4) is 0 Å². The Morgan fingerprint density at radius 3 is 2.19 bits per heavy atom. The highest BCUT2D eigenvalue weighted by molar-refractivity contribution is 5.75. The van der Waals surface area contributed by atoms with Gasteiger partial charge in [-0.05, 0) is 92.8 Å². The number of Topliss-reactive ketones (excluding diaryl/α,β-unsaturated/α-hetero) is 1. The molecule has 0 amide bonds. The van der Waals surface area contributed by atoms with E-state index in [-0.39, 0.29) is 40.8 Å². The summed E-state index contributed by atoms with van der Waals surface area (Å²) in [6, 6.07) is 0. The van der Waals surface area contributed by atoms with Crippen molar-refractivity contribution in [3.05, 3.63) is 0 Å². The number of carbonyl (C=O) groups is 3. The molecule has 10 unspecified atom stereocenters. The molecule has 0 N–H and O–H groups in total. The van der Waals surface area contributed by atoms with Crippen molar-refractivity contribution in [1.29, 1.82) is 0 Å². The van der Waals surface area contributed by atoms with Gasteiger partial charge in [-0.2, -0.15) is 0 Å². The van der Waals surface area contributed by atoms with Crippen LogP contribution in [0.3, 0.4) is 0 Å². The van der Waals surface area contributed by atoms with Crippen molar-refractivity contribution in [2.45, 2.75) is 105 Å². The van der Waals surface area contributed by atoms with Crippen LogP contribution in [0.15, 0.2) is 0 Å². The minimum atomic E-state index is -0.198. The Morgan fingerprint density at radius 1 is 0.875 bits per heavy atom. The van der Waals surface area contributed by atoms with Crippen LogP contribution in [-0.2, 0) is 23.9 Å². The van der Waals surface area contributed by atoms with Gasteiger partial charge in [0.15, 0.2) is 0 Å². The van der Waals surface area contributed by atoms with Gasteiger partial charge < -0.3 is 14.3 Å². The van der Waals surface area contributed by atoms with Crippen LogP contribution < -0.4 is 0 Å². The molecule has 0 aromatic heterocycles. The molecule has 32 heavy (non-hydrogen) atoms. The molecular formula is C27H42O5. The van der Waals surface area contributed by atoms with Crippen molar-refractivity contribution in [2.24, 2.45) is 46.3 Å². The molecule has 0 heterocycles. The summed E-state index contributed by atoms with van der Waals surface area (Å²) in [5, 5.41) is 0. The SMILES string of the molecule is CC(=O)CC1CC2CC(OC(C)=O)CCC2(C)C2CC(OC(C)=O)C3(C)C(C)CCC3C12. The maximum Gasteiger partial charge on any atom is 0.302 e. The number of ether oxygens (including phenoxy) is 2. The van der Waals surface area contributed by atoms with Crippen LogP contribution >= 0.6 is 0 Å². The zero-order valence-electron chi connectivity index (χ0n) is 20.8. The molecule has 0 saturated heterocycles. The summed E-state index contributed by atoms with van der Waals surface area (Å²) in [4.78, 5) is 36.1. The zero-order valence-corrected chi connectivity index (χ0v) is 20.8. The van der Waals surface area contributed by atoms with Gasteiger partial charge in [0.1, 0.15) is 18.0 Å². The number of esters is 2. The van der Waals surface area contributed by atoms with Crippen LogP contribution in [0, 0.1) is 46.3 Å². The van der Waals surface area contributed by atoms with E-state index < -0.39 is 0 Å². The van der Waals surface area contributed by atoms with E-state index in [1.807, 2.05) is 0 Å². The monoisotopic (exact) mass is 446 g/mol. The van der Waals surface area contributed by atoms with E-state index >= 15 is 0 Å². The van der Waals surface area contributed by atoms with E-state index in [9.17, 15) is 14.4 Å². The first-order chi connectivity index (χ1) is 15.0. The lowest BCUT2D eigenvalue weighted by atomic mass is 9.41. The molecule has 0 spiro atoms. The minimum absolute atomic E-state index is 0.00951. The van der Waals surface area contributed by atoms with Crippen molar-refractivity contribution in [3.63, 3.8) is 0 Å². The van der Waals surface area contributed by atoms with Gasteiger partial charge in [-0.1, -0.05) is 20.8 Å². The Morgan fingerprint density at radius 2 is 1.56 bits per heavy atom. The van der Waals surface area contributed by atoms with Gasteiger partial charge in [0.05, 0.1) is 0 Å². The Labute approximate surface area is 193 Å². The molecule has 0 bridgehead atoms. The van der Waals surface area contributed by atoms with Crippen LogP contribution in [0.4, 0.5) is 0 Å². The van der Waals surface area contributed by atoms with Crippen LogP contribution in [0.1, 0.15) is 92.9 Å². The van der Waals surface area contributed by atoms with Gasteiger partial charge in [-0.25, -0.2) is 0 Å². The lowest BCUT2D eigenvalue weighted by Gasteiger charge is -2.64.